The Labute approximate surface area is 145 Å². The van der Waals surface area contributed by atoms with E-state index in [2.05, 4.69) is 20.0 Å². The summed E-state index contributed by atoms with van der Waals surface area (Å²) >= 11 is 0. The van der Waals surface area contributed by atoms with Gasteiger partial charge >= 0.3 is 0 Å². The summed E-state index contributed by atoms with van der Waals surface area (Å²) in [6, 6.07) is 0. The number of anilines is 1. The summed E-state index contributed by atoms with van der Waals surface area (Å²) in [6.07, 6.45) is 6.94. The molecule has 8 heteroatoms. The van der Waals surface area contributed by atoms with Crippen molar-refractivity contribution in [3.8, 4) is 0 Å². The summed E-state index contributed by atoms with van der Waals surface area (Å²) < 4.78 is 1.56. The van der Waals surface area contributed by atoms with Crippen LogP contribution in [0, 0.1) is 5.92 Å². The van der Waals surface area contributed by atoms with Crippen LogP contribution in [0.1, 0.15) is 40.6 Å². The van der Waals surface area contributed by atoms with Gasteiger partial charge in [-0.25, -0.2) is 15.0 Å². The Kier molecular flexibility index (Phi) is 3.26. The number of aromatic nitrogens is 5. The van der Waals surface area contributed by atoms with Gasteiger partial charge in [0.1, 0.15) is 6.33 Å². The lowest BCUT2D eigenvalue weighted by molar-refractivity contribution is 0.0773. The van der Waals surface area contributed by atoms with Gasteiger partial charge in [-0.05, 0) is 30.7 Å². The number of hydrogen-bond acceptors (Lipinski definition) is 6. The fraction of sp³-hybridized carbons (Fsp3) is 0.588. The van der Waals surface area contributed by atoms with Crippen LogP contribution >= 0.6 is 0 Å². The number of likely N-dealkylation sites (tertiary alicyclic amines) is 1. The highest BCUT2D eigenvalue weighted by Gasteiger charge is 2.43. The fourth-order valence-corrected chi connectivity index (χ4v) is 4.38. The summed E-state index contributed by atoms with van der Waals surface area (Å²) in [5.74, 6) is 1.86. The first-order valence-electron chi connectivity index (χ1n) is 8.95. The molecule has 2 saturated heterocycles. The number of rotatable bonds is 2. The smallest absolute Gasteiger partial charge is 0.293 e. The molecule has 0 bridgehead atoms. The molecule has 2 aliphatic heterocycles. The predicted molar refractivity (Wildman–Crippen MR) is 90.3 cm³/mol. The highest BCUT2D eigenvalue weighted by Crippen LogP contribution is 2.42. The van der Waals surface area contributed by atoms with E-state index in [0.29, 0.717) is 18.4 Å². The molecule has 4 heterocycles. The minimum atomic E-state index is -0.0776. The molecule has 1 amide bonds. The SMILES string of the molecule is Cn1cnc(C(=O)N2CC3Cc4nc(N5CCCC5)ncc4C3C2)n1. The third-order valence-electron chi connectivity index (χ3n) is 5.65. The van der Waals surface area contributed by atoms with Crippen LogP contribution in [-0.2, 0) is 13.5 Å². The molecule has 0 saturated carbocycles. The van der Waals surface area contributed by atoms with Gasteiger partial charge in [0, 0.05) is 51.0 Å². The molecular formula is C17H21N7O. The van der Waals surface area contributed by atoms with Gasteiger partial charge in [0.2, 0.25) is 11.8 Å². The van der Waals surface area contributed by atoms with Crippen LogP contribution < -0.4 is 4.90 Å². The van der Waals surface area contributed by atoms with Gasteiger partial charge in [-0.2, -0.15) is 0 Å². The van der Waals surface area contributed by atoms with Crippen molar-refractivity contribution in [3.63, 3.8) is 0 Å². The van der Waals surface area contributed by atoms with Crippen molar-refractivity contribution in [3.05, 3.63) is 29.6 Å². The third-order valence-corrected chi connectivity index (χ3v) is 5.65. The highest BCUT2D eigenvalue weighted by atomic mass is 16.2. The van der Waals surface area contributed by atoms with Crippen LogP contribution in [0.15, 0.2) is 12.5 Å². The average Bonchev–Trinajstić information content (AvgIpc) is 3.37. The predicted octanol–water partition coefficient (Wildman–Crippen LogP) is 0.617. The van der Waals surface area contributed by atoms with Crippen molar-refractivity contribution in [2.24, 2.45) is 13.0 Å². The number of carbonyl (C=O) groups excluding carboxylic acids is 1. The minimum Gasteiger partial charge on any atom is -0.341 e. The molecule has 8 nitrogen and oxygen atoms in total. The number of fused-ring (bicyclic) bond motifs is 3. The van der Waals surface area contributed by atoms with E-state index in [4.69, 9.17) is 4.98 Å². The maximum Gasteiger partial charge on any atom is 0.293 e. The van der Waals surface area contributed by atoms with Crippen molar-refractivity contribution < 1.29 is 4.79 Å². The van der Waals surface area contributed by atoms with E-state index in [-0.39, 0.29) is 11.7 Å². The third kappa shape index (κ3) is 2.39. The number of aryl methyl sites for hydroxylation is 1. The van der Waals surface area contributed by atoms with Crippen molar-refractivity contribution in [1.29, 1.82) is 0 Å². The molecule has 0 N–H and O–H groups in total. The Morgan fingerprint density at radius 2 is 2.04 bits per heavy atom. The van der Waals surface area contributed by atoms with Crippen molar-refractivity contribution in [2.75, 3.05) is 31.1 Å². The van der Waals surface area contributed by atoms with Crippen LogP contribution in [0.5, 0.6) is 0 Å². The summed E-state index contributed by atoms with van der Waals surface area (Å²) in [5.41, 5.74) is 2.40. The maximum absolute atomic E-state index is 12.6. The first kappa shape index (κ1) is 14.8. The molecule has 25 heavy (non-hydrogen) atoms. The molecule has 2 atom stereocenters. The van der Waals surface area contributed by atoms with Gasteiger partial charge in [-0.15, -0.1) is 5.10 Å². The monoisotopic (exact) mass is 339 g/mol. The van der Waals surface area contributed by atoms with Crippen molar-refractivity contribution in [2.45, 2.75) is 25.2 Å². The topological polar surface area (TPSA) is 80.0 Å². The zero-order valence-electron chi connectivity index (χ0n) is 14.3. The molecule has 0 aromatic carbocycles. The Balaban J connectivity index is 1.35. The van der Waals surface area contributed by atoms with Crippen LogP contribution in [0.4, 0.5) is 5.95 Å². The van der Waals surface area contributed by atoms with Gasteiger partial charge in [0.05, 0.1) is 0 Å². The van der Waals surface area contributed by atoms with Crippen molar-refractivity contribution >= 4 is 11.9 Å². The summed E-state index contributed by atoms with van der Waals surface area (Å²) in [6.45, 7) is 3.58. The number of carbonyl (C=O) groups is 1. The number of hydrogen-bond donors (Lipinski definition) is 0. The molecule has 5 rings (SSSR count). The lowest BCUT2D eigenvalue weighted by Gasteiger charge is -2.18. The molecular weight excluding hydrogens is 318 g/mol. The van der Waals surface area contributed by atoms with Crippen molar-refractivity contribution in [1.82, 2.24) is 29.6 Å². The van der Waals surface area contributed by atoms with E-state index in [0.717, 1.165) is 32.0 Å². The molecule has 2 unspecified atom stereocenters. The van der Waals surface area contributed by atoms with Gasteiger partial charge in [-0.1, -0.05) is 0 Å². The molecule has 2 fully saturated rings. The average molecular weight is 339 g/mol. The highest BCUT2D eigenvalue weighted by molar-refractivity contribution is 5.90. The zero-order valence-corrected chi connectivity index (χ0v) is 14.3. The molecule has 2 aromatic rings. The van der Waals surface area contributed by atoms with Gasteiger partial charge < -0.3 is 9.80 Å². The van der Waals surface area contributed by atoms with Crippen LogP contribution in [0.2, 0.25) is 0 Å². The Hall–Kier alpha value is -2.51. The minimum absolute atomic E-state index is 0.0776. The lowest BCUT2D eigenvalue weighted by atomic mass is 9.98. The molecule has 2 aromatic heterocycles. The summed E-state index contributed by atoms with van der Waals surface area (Å²) in [4.78, 5) is 30.3. The second-order valence-electron chi connectivity index (χ2n) is 7.29. The lowest BCUT2D eigenvalue weighted by Crippen LogP contribution is -2.30. The number of amides is 1. The Morgan fingerprint density at radius 1 is 1.20 bits per heavy atom. The molecule has 3 aliphatic rings. The van der Waals surface area contributed by atoms with E-state index in [9.17, 15) is 4.79 Å². The fourth-order valence-electron chi connectivity index (χ4n) is 4.38. The van der Waals surface area contributed by atoms with E-state index in [1.165, 1.54) is 24.1 Å². The standard InChI is InChI=1S/C17H21N7O/c1-22-10-19-15(21-22)16(25)24-8-11-6-14-12(13(11)9-24)7-18-17(20-14)23-4-2-3-5-23/h7,10-11,13H,2-6,8-9H2,1H3. The second-order valence-corrected chi connectivity index (χ2v) is 7.29. The Bertz CT molecular complexity index is 826. The first-order chi connectivity index (χ1) is 12.2. The van der Waals surface area contributed by atoms with Gasteiger partial charge in [0.15, 0.2) is 0 Å². The van der Waals surface area contributed by atoms with E-state index < -0.39 is 0 Å². The molecule has 1 aliphatic carbocycles. The van der Waals surface area contributed by atoms with Gasteiger partial charge in [0.25, 0.3) is 5.91 Å². The molecule has 0 radical (unpaired) electrons. The summed E-state index contributed by atoms with van der Waals surface area (Å²) in [7, 11) is 1.77. The Morgan fingerprint density at radius 3 is 2.80 bits per heavy atom. The first-order valence-corrected chi connectivity index (χ1v) is 8.95. The second kappa shape index (κ2) is 5.50. The van der Waals surface area contributed by atoms with E-state index in [1.54, 1.807) is 18.1 Å². The molecule has 130 valence electrons. The maximum atomic E-state index is 12.6. The summed E-state index contributed by atoms with van der Waals surface area (Å²) in [5, 5.41) is 4.13. The van der Waals surface area contributed by atoms with Gasteiger partial charge in [-0.3, -0.25) is 9.48 Å². The van der Waals surface area contributed by atoms with Crippen LogP contribution in [0.3, 0.4) is 0 Å². The largest absolute Gasteiger partial charge is 0.341 e. The molecule has 0 spiro atoms. The normalized spacial score (nSPS) is 24.7. The van der Waals surface area contributed by atoms with Crippen LogP contribution in [0.25, 0.3) is 0 Å². The van der Waals surface area contributed by atoms with E-state index >= 15 is 0 Å². The van der Waals surface area contributed by atoms with E-state index in [1.807, 2.05) is 11.1 Å². The quantitative estimate of drug-likeness (QED) is 0.798. The zero-order chi connectivity index (χ0) is 17.0. The number of nitrogens with zero attached hydrogens (tertiary/aromatic N) is 7. The van der Waals surface area contributed by atoms with Crippen LogP contribution in [-0.4, -0.2) is 61.7 Å².